The lowest BCUT2D eigenvalue weighted by Gasteiger charge is -2.30. The smallest absolute Gasteiger partial charge is 0.143 e. The average Bonchev–Trinajstić information content (AvgIpc) is 3.92. The number of para-hydroxylation sites is 2. The number of thiophene rings is 1. The normalized spacial score (nSPS) is 15.5. The van der Waals surface area contributed by atoms with E-state index < -0.39 is 5.41 Å². The zero-order chi connectivity index (χ0) is 33.3. The third-order valence-electron chi connectivity index (χ3n) is 11.5. The van der Waals surface area contributed by atoms with E-state index in [1.54, 1.807) is 0 Å². The molecular weight excluding hydrogens is 637 g/mol. The molecular formula is C49H28OS. The molecule has 0 radical (unpaired) electrons. The summed E-state index contributed by atoms with van der Waals surface area (Å²) in [4.78, 5) is 0. The lowest BCUT2D eigenvalue weighted by Crippen LogP contribution is -2.25. The molecule has 236 valence electrons. The van der Waals surface area contributed by atoms with Gasteiger partial charge in [-0.15, -0.1) is 11.3 Å². The van der Waals surface area contributed by atoms with Crippen molar-refractivity contribution >= 4 is 53.4 Å². The van der Waals surface area contributed by atoms with Crippen molar-refractivity contribution in [2.45, 2.75) is 5.41 Å². The first-order valence-electron chi connectivity index (χ1n) is 17.6. The van der Waals surface area contributed by atoms with Gasteiger partial charge in [0.2, 0.25) is 0 Å². The SMILES string of the molecule is c1ccc2c(c1)-c1cc(-c3cccc4c3oc3ccccc34)ccc1C21c2ccccc2-c2cc(-c3cccc4c3sc3ccccc34)ccc21. The molecule has 0 saturated carbocycles. The summed E-state index contributed by atoms with van der Waals surface area (Å²) in [5, 5.41) is 4.97. The van der Waals surface area contributed by atoms with E-state index in [0.717, 1.165) is 27.5 Å². The number of rotatable bonds is 2. The van der Waals surface area contributed by atoms with Crippen molar-refractivity contribution in [3.63, 3.8) is 0 Å². The number of furan rings is 1. The predicted molar refractivity (Wildman–Crippen MR) is 214 cm³/mol. The fourth-order valence-corrected chi connectivity index (χ4v) is 10.7. The van der Waals surface area contributed by atoms with E-state index in [4.69, 9.17) is 4.42 Å². The number of hydrogen-bond acceptors (Lipinski definition) is 2. The average molecular weight is 665 g/mol. The van der Waals surface area contributed by atoms with Crippen molar-refractivity contribution in [1.82, 2.24) is 0 Å². The Morgan fingerprint density at radius 2 is 0.902 bits per heavy atom. The highest BCUT2D eigenvalue weighted by molar-refractivity contribution is 7.26. The summed E-state index contributed by atoms with van der Waals surface area (Å²) < 4.78 is 9.19. The Hall–Kier alpha value is -6.22. The Morgan fingerprint density at radius 1 is 0.373 bits per heavy atom. The molecule has 0 amide bonds. The summed E-state index contributed by atoms with van der Waals surface area (Å²) in [5.74, 6) is 0. The van der Waals surface area contributed by atoms with E-state index >= 15 is 0 Å². The zero-order valence-corrected chi connectivity index (χ0v) is 28.3. The minimum atomic E-state index is -0.399. The molecule has 51 heavy (non-hydrogen) atoms. The van der Waals surface area contributed by atoms with Crippen molar-refractivity contribution in [3.05, 3.63) is 192 Å². The Bertz CT molecular complexity index is 2890. The molecule has 2 aliphatic carbocycles. The number of benzene rings is 8. The van der Waals surface area contributed by atoms with Gasteiger partial charge in [-0.2, -0.15) is 0 Å². The van der Waals surface area contributed by atoms with E-state index in [-0.39, 0.29) is 0 Å². The maximum absolute atomic E-state index is 6.51. The lowest BCUT2D eigenvalue weighted by molar-refractivity contribution is 0.670. The maximum atomic E-state index is 6.51. The molecule has 0 saturated heterocycles. The van der Waals surface area contributed by atoms with Crippen molar-refractivity contribution in [3.8, 4) is 44.5 Å². The van der Waals surface area contributed by atoms with Crippen molar-refractivity contribution in [2.24, 2.45) is 0 Å². The molecule has 1 nitrogen and oxygen atoms in total. The van der Waals surface area contributed by atoms with E-state index in [1.165, 1.54) is 81.4 Å². The van der Waals surface area contributed by atoms with Crippen LogP contribution in [0.3, 0.4) is 0 Å². The zero-order valence-electron chi connectivity index (χ0n) is 27.5. The summed E-state index contributed by atoms with van der Waals surface area (Å²) in [6.07, 6.45) is 0. The van der Waals surface area contributed by atoms with Crippen LogP contribution < -0.4 is 0 Å². The van der Waals surface area contributed by atoms with Crippen LogP contribution in [0.2, 0.25) is 0 Å². The lowest BCUT2D eigenvalue weighted by atomic mass is 9.70. The Kier molecular flexibility index (Phi) is 5.38. The molecule has 12 rings (SSSR count). The first-order chi connectivity index (χ1) is 25.3. The van der Waals surface area contributed by atoms with Gasteiger partial charge in [0.1, 0.15) is 11.2 Å². The first kappa shape index (κ1) is 27.6. The summed E-state index contributed by atoms with van der Waals surface area (Å²) in [5.41, 5.74) is 17.0. The Labute approximate surface area is 298 Å². The van der Waals surface area contributed by atoms with Crippen LogP contribution in [0.5, 0.6) is 0 Å². The van der Waals surface area contributed by atoms with Gasteiger partial charge >= 0.3 is 0 Å². The molecule has 0 fully saturated rings. The molecule has 2 heteroatoms. The molecule has 0 N–H and O–H groups in total. The van der Waals surface area contributed by atoms with Gasteiger partial charge < -0.3 is 4.42 Å². The molecule has 10 aromatic rings. The topological polar surface area (TPSA) is 13.1 Å². The molecule has 8 aromatic carbocycles. The molecule has 0 bridgehead atoms. The van der Waals surface area contributed by atoms with Gasteiger partial charge in [0, 0.05) is 36.5 Å². The van der Waals surface area contributed by atoms with E-state index in [1.807, 2.05) is 17.4 Å². The highest BCUT2D eigenvalue weighted by atomic mass is 32.1. The van der Waals surface area contributed by atoms with Gasteiger partial charge in [-0.05, 0) is 85.5 Å². The van der Waals surface area contributed by atoms with Gasteiger partial charge in [-0.3, -0.25) is 0 Å². The van der Waals surface area contributed by atoms with Gasteiger partial charge in [-0.1, -0.05) is 146 Å². The van der Waals surface area contributed by atoms with Crippen LogP contribution in [0.4, 0.5) is 0 Å². The van der Waals surface area contributed by atoms with Gasteiger partial charge in [0.25, 0.3) is 0 Å². The number of fused-ring (bicyclic) bond motifs is 16. The van der Waals surface area contributed by atoms with Gasteiger partial charge in [-0.25, -0.2) is 0 Å². The second-order valence-electron chi connectivity index (χ2n) is 13.9. The van der Waals surface area contributed by atoms with Crippen LogP contribution in [0, 0.1) is 0 Å². The minimum absolute atomic E-state index is 0.399. The Morgan fingerprint density at radius 3 is 1.65 bits per heavy atom. The minimum Gasteiger partial charge on any atom is -0.455 e. The number of hydrogen-bond donors (Lipinski definition) is 0. The van der Waals surface area contributed by atoms with Crippen LogP contribution in [-0.4, -0.2) is 0 Å². The van der Waals surface area contributed by atoms with Crippen LogP contribution in [0.25, 0.3) is 86.6 Å². The fourth-order valence-electron chi connectivity index (χ4n) is 9.43. The summed E-state index contributed by atoms with van der Waals surface area (Å²) in [7, 11) is 0. The largest absolute Gasteiger partial charge is 0.455 e. The third-order valence-corrected chi connectivity index (χ3v) is 12.7. The molecule has 2 aromatic heterocycles. The standard InChI is InChI=1S/C49H28OS/c1-5-19-41-33(11-1)39-27-29(31-15-9-17-37-35-13-3-7-21-45(35)50-47(31)37)23-25-43(39)49(41)42-20-6-2-12-34(42)40-28-30(24-26-44(40)49)32-16-10-18-38-36-14-4-8-22-46(36)51-48(32)38/h1-28H. The summed E-state index contributed by atoms with van der Waals surface area (Å²) in [6.45, 7) is 0. The highest BCUT2D eigenvalue weighted by Gasteiger charge is 2.51. The summed E-state index contributed by atoms with van der Waals surface area (Å²) in [6, 6.07) is 62.9. The maximum Gasteiger partial charge on any atom is 0.143 e. The monoisotopic (exact) mass is 664 g/mol. The molecule has 1 spiro atoms. The van der Waals surface area contributed by atoms with Gasteiger partial charge in [0.15, 0.2) is 0 Å². The van der Waals surface area contributed by atoms with Crippen LogP contribution in [0.15, 0.2) is 174 Å². The molecule has 2 heterocycles. The third kappa shape index (κ3) is 3.50. The summed E-state index contributed by atoms with van der Waals surface area (Å²) >= 11 is 1.90. The van der Waals surface area contributed by atoms with E-state index in [0.29, 0.717) is 0 Å². The van der Waals surface area contributed by atoms with E-state index in [9.17, 15) is 0 Å². The molecule has 1 atom stereocenters. The van der Waals surface area contributed by atoms with Crippen LogP contribution in [-0.2, 0) is 5.41 Å². The first-order valence-corrected chi connectivity index (χ1v) is 18.4. The van der Waals surface area contributed by atoms with Crippen molar-refractivity contribution in [2.75, 3.05) is 0 Å². The molecule has 0 aliphatic heterocycles. The quantitative estimate of drug-likeness (QED) is 0.179. The van der Waals surface area contributed by atoms with Crippen LogP contribution >= 0.6 is 11.3 Å². The second kappa shape index (κ2) is 9.94. The fraction of sp³-hybridized carbons (Fsp3) is 0.0204. The van der Waals surface area contributed by atoms with Gasteiger partial charge in [0.05, 0.1) is 5.41 Å². The Balaban J connectivity index is 1.09. The van der Waals surface area contributed by atoms with Crippen LogP contribution in [0.1, 0.15) is 22.3 Å². The second-order valence-corrected chi connectivity index (χ2v) is 15.0. The molecule has 2 aliphatic rings. The van der Waals surface area contributed by atoms with E-state index in [2.05, 4.69) is 164 Å². The predicted octanol–water partition coefficient (Wildman–Crippen LogP) is 13.6. The highest BCUT2D eigenvalue weighted by Crippen LogP contribution is 2.63. The molecule has 1 unspecified atom stereocenters. The van der Waals surface area contributed by atoms with Crippen molar-refractivity contribution in [1.29, 1.82) is 0 Å². The van der Waals surface area contributed by atoms with Crippen molar-refractivity contribution < 1.29 is 4.42 Å².